The quantitative estimate of drug-likeness (QED) is 0.483. The normalized spacial score (nSPS) is 14.5. The van der Waals surface area contributed by atoms with E-state index < -0.39 is 10.0 Å². The van der Waals surface area contributed by atoms with Crippen LogP contribution in [0.2, 0.25) is 0 Å². The average Bonchev–Trinajstić information content (AvgIpc) is 3.38. The molecule has 0 aromatic heterocycles. The molecule has 6 nitrogen and oxygen atoms in total. The molecule has 1 fully saturated rings. The Hall–Kier alpha value is -3.32. The van der Waals surface area contributed by atoms with Crippen molar-refractivity contribution in [3.05, 3.63) is 89.5 Å². The van der Waals surface area contributed by atoms with Crippen LogP contribution in [-0.2, 0) is 14.8 Å². The topological polar surface area (TPSA) is 69.7 Å². The lowest BCUT2D eigenvalue weighted by Crippen LogP contribution is -2.41. The number of carbonyl (C=O) groups excluding carboxylic acids is 1. The van der Waals surface area contributed by atoms with Crippen LogP contribution in [0.5, 0.6) is 0 Å². The number of anilines is 2. The van der Waals surface area contributed by atoms with E-state index in [1.165, 1.54) is 22.8 Å². The predicted molar refractivity (Wildman–Crippen MR) is 141 cm³/mol. The molecule has 1 saturated heterocycles. The highest BCUT2D eigenvalue weighted by atomic mass is 32.2. The highest BCUT2D eigenvalue weighted by Gasteiger charge is 2.28. The Balaban J connectivity index is 1.53. The maximum atomic E-state index is 13.6. The van der Waals surface area contributed by atoms with Gasteiger partial charge >= 0.3 is 0 Å². The van der Waals surface area contributed by atoms with Crippen LogP contribution in [0, 0.1) is 13.8 Å². The number of para-hydroxylation sites is 1. The highest BCUT2D eigenvalue weighted by Crippen LogP contribution is 2.27. The number of benzene rings is 3. The molecule has 4 rings (SSSR count). The van der Waals surface area contributed by atoms with Gasteiger partial charge in [-0.1, -0.05) is 48.0 Å². The molecule has 1 aliphatic heterocycles. The van der Waals surface area contributed by atoms with Crippen molar-refractivity contribution in [1.29, 1.82) is 0 Å². The van der Waals surface area contributed by atoms with E-state index in [0.29, 0.717) is 5.69 Å². The molecule has 1 N–H and O–H groups in total. The van der Waals surface area contributed by atoms with Crippen molar-refractivity contribution in [3.8, 4) is 0 Å². The fourth-order valence-electron chi connectivity index (χ4n) is 4.43. The minimum Gasteiger partial charge on any atom is -0.372 e. The first kappa shape index (κ1) is 24.8. The van der Waals surface area contributed by atoms with E-state index >= 15 is 0 Å². The van der Waals surface area contributed by atoms with Crippen LogP contribution >= 0.6 is 0 Å². The van der Waals surface area contributed by atoms with Gasteiger partial charge in [-0.25, -0.2) is 8.42 Å². The summed E-state index contributed by atoms with van der Waals surface area (Å²) >= 11 is 0. The van der Waals surface area contributed by atoms with Crippen molar-refractivity contribution < 1.29 is 13.2 Å². The Morgan fingerprint density at radius 1 is 0.943 bits per heavy atom. The van der Waals surface area contributed by atoms with Gasteiger partial charge in [-0.3, -0.25) is 9.10 Å². The number of hydrogen-bond acceptors (Lipinski definition) is 4. The van der Waals surface area contributed by atoms with E-state index in [1.807, 2.05) is 45.0 Å². The minimum atomic E-state index is -3.94. The Bertz CT molecular complexity index is 1270. The second-order valence-corrected chi connectivity index (χ2v) is 11.0. The van der Waals surface area contributed by atoms with Gasteiger partial charge in [0.25, 0.3) is 10.0 Å². The summed E-state index contributed by atoms with van der Waals surface area (Å²) < 4.78 is 28.4. The van der Waals surface area contributed by atoms with Gasteiger partial charge in [-0.2, -0.15) is 0 Å². The molecule has 35 heavy (non-hydrogen) atoms. The third-order valence-electron chi connectivity index (χ3n) is 6.52. The maximum absolute atomic E-state index is 13.6. The molecule has 3 aromatic carbocycles. The summed E-state index contributed by atoms with van der Waals surface area (Å²) in [6.45, 7) is 7.51. The molecule has 7 heteroatoms. The number of sulfonamides is 1. The standard InChI is InChI=1S/C28H33N3O3S/c1-21-10-16-26(17-11-21)35(33,34)31(27-9-5-4-8-22(27)2)20-28(32)29-23(3)24-12-14-25(15-13-24)30-18-6-7-19-30/h4-5,8-17,23H,6-7,18-20H2,1-3H3,(H,29,32). The zero-order valence-electron chi connectivity index (χ0n) is 20.6. The molecule has 1 amide bonds. The van der Waals surface area contributed by atoms with E-state index in [2.05, 4.69) is 22.3 Å². The summed E-state index contributed by atoms with van der Waals surface area (Å²) in [6.07, 6.45) is 2.44. The molecule has 1 heterocycles. The van der Waals surface area contributed by atoms with E-state index in [4.69, 9.17) is 0 Å². The lowest BCUT2D eigenvalue weighted by molar-refractivity contribution is -0.120. The molecule has 0 saturated carbocycles. The van der Waals surface area contributed by atoms with E-state index in [9.17, 15) is 13.2 Å². The third kappa shape index (κ3) is 5.68. The SMILES string of the molecule is Cc1ccc(S(=O)(=O)N(CC(=O)NC(C)c2ccc(N3CCCC3)cc2)c2ccccc2C)cc1. The van der Waals surface area contributed by atoms with Gasteiger partial charge in [0.2, 0.25) is 5.91 Å². The number of hydrogen-bond donors (Lipinski definition) is 1. The number of nitrogens with zero attached hydrogens (tertiary/aromatic N) is 2. The summed E-state index contributed by atoms with van der Waals surface area (Å²) in [7, 11) is -3.94. The largest absolute Gasteiger partial charge is 0.372 e. The van der Waals surface area contributed by atoms with Gasteiger partial charge < -0.3 is 10.2 Å². The van der Waals surface area contributed by atoms with Gasteiger partial charge in [0, 0.05) is 18.8 Å². The molecular weight excluding hydrogens is 458 g/mol. The second-order valence-electron chi connectivity index (χ2n) is 9.19. The summed E-state index contributed by atoms with van der Waals surface area (Å²) in [5.74, 6) is -0.361. The predicted octanol–water partition coefficient (Wildman–Crippen LogP) is 4.98. The van der Waals surface area contributed by atoms with Crippen molar-refractivity contribution in [1.82, 2.24) is 5.32 Å². The summed E-state index contributed by atoms with van der Waals surface area (Å²) in [4.78, 5) is 15.6. The molecule has 0 radical (unpaired) electrons. The summed E-state index contributed by atoms with van der Waals surface area (Å²) in [5.41, 5.74) is 4.41. The van der Waals surface area contributed by atoms with Crippen LogP contribution in [0.4, 0.5) is 11.4 Å². The van der Waals surface area contributed by atoms with Gasteiger partial charge in [0.1, 0.15) is 6.54 Å². The third-order valence-corrected chi connectivity index (χ3v) is 8.30. The van der Waals surface area contributed by atoms with Crippen molar-refractivity contribution >= 4 is 27.3 Å². The average molecular weight is 492 g/mol. The molecule has 0 aliphatic carbocycles. The van der Waals surface area contributed by atoms with Gasteiger partial charge in [0.05, 0.1) is 16.6 Å². The zero-order valence-corrected chi connectivity index (χ0v) is 21.4. The number of carbonyl (C=O) groups is 1. The number of amides is 1. The Kier molecular flexibility index (Phi) is 7.45. The second kappa shape index (κ2) is 10.5. The molecule has 0 bridgehead atoms. The van der Waals surface area contributed by atoms with E-state index in [1.54, 1.807) is 36.4 Å². The van der Waals surface area contributed by atoms with Crippen LogP contribution in [0.1, 0.15) is 42.5 Å². The summed E-state index contributed by atoms with van der Waals surface area (Å²) in [5, 5.41) is 2.98. The minimum absolute atomic E-state index is 0.157. The smallest absolute Gasteiger partial charge is 0.264 e. The first-order chi connectivity index (χ1) is 16.8. The lowest BCUT2D eigenvalue weighted by Gasteiger charge is -2.26. The zero-order chi connectivity index (χ0) is 25.0. The highest BCUT2D eigenvalue weighted by molar-refractivity contribution is 7.92. The first-order valence-corrected chi connectivity index (χ1v) is 13.5. The van der Waals surface area contributed by atoms with Gasteiger partial charge in [-0.15, -0.1) is 0 Å². The lowest BCUT2D eigenvalue weighted by atomic mass is 10.1. The number of aryl methyl sites for hydroxylation is 2. The maximum Gasteiger partial charge on any atom is 0.264 e. The van der Waals surface area contributed by atoms with Crippen molar-refractivity contribution in [2.45, 2.75) is 44.6 Å². The monoisotopic (exact) mass is 491 g/mol. The first-order valence-electron chi connectivity index (χ1n) is 12.0. The Morgan fingerprint density at radius 3 is 2.20 bits per heavy atom. The fourth-order valence-corrected chi connectivity index (χ4v) is 5.92. The van der Waals surface area contributed by atoms with E-state index in [0.717, 1.165) is 29.8 Å². The summed E-state index contributed by atoms with van der Waals surface area (Å²) in [6, 6.07) is 21.9. The molecule has 3 aromatic rings. The van der Waals surface area contributed by atoms with Crippen LogP contribution in [-0.4, -0.2) is 34.0 Å². The molecule has 184 valence electrons. The Labute approximate surface area is 208 Å². The Morgan fingerprint density at radius 2 is 1.57 bits per heavy atom. The van der Waals surface area contributed by atoms with Crippen molar-refractivity contribution in [2.75, 3.05) is 28.8 Å². The number of rotatable bonds is 8. The molecule has 1 atom stereocenters. The van der Waals surface area contributed by atoms with Crippen molar-refractivity contribution in [2.24, 2.45) is 0 Å². The molecule has 1 unspecified atom stereocenters. The molecular formula is C28H33N3O3S. The van der Waals surface area contributed by atoms with Crippen molar-refractivity contribution in [3.63, 3.8) is 0 Å². The van der Waals surface area contributed by atoms with Crippen LogP contribution < -0.4 is 14.5 Å². The number of nitrogens with one attached hydrogen (secondary N) is 1. The van der Waals surface area contributed by atoms with Gasteiger partial charge in [-0.05, 0) is 75.1 Å². The van der Waals surface area contributed by atoms with Crippen LogP contribution in [0.25, 0.3) is 0 Å². The van der Waals surface area contributed by atoms with Gasteiger partial charge in [0.15, 0.2) is 0 Å². The van der Waals surface area contributed by atoms with Crippen LogP contribution in [0.3, 0.4) is 0 Å². The molecule has 1 aliphatic rings. The fraction of sp³-hybridized carbons (Fsp3) is 0.321. The molecule has 0 spiro atoms. The van der Waals surface area contributed by atoms with Crippen LogP contribution in [0.15, 0.2) is 77.7 Å². The van der Waals surface area contributed by atoms with E-state index in [-0.39, 0.29) is 23.4 Å².